The third-order valence-electron chi connectivity index (χ3n) is 12.5. The molecule has 56 heavy (non-hydrogen) atoms. The Labute approximate surface area is 324 Å². The van der Waals surface area contributed by atoms with Gasteiger partial charge >= 0.3 is 0 Å². The Morgan fingerprint density at radius 3 is 1.80 bits per heavy atom. The number of pyridine rings is 2. The van der Waals surface area contributed by atoms with Crippen LogP contribution in [0.2, 0.25) is 0 Å². The van der Waals surface area contributed by atoms with E-state index in [0.717, 1.165) is 21.9 Å². The Bertz CT molecular complexity index is 3440. The molecule has 3 heteroatoms. The molecule has 8 aromatic carbocycles. The molecule has 0 aliphatic heterocycles. The van der Waals surface area contributed by atoms with Crippen molar-refractivity contribution in [2.24, 2.45) is 0 Å². The van der Waals surface area contributed by atoms with E-state index in [0.29, 0.717) is 0 Å². The molecule has 0 bridgehead atoms. The molecule has 0 atom stereocenters. The van der Waals surface area contributed by atoms with Crippen molar-refractivity contribution in [3.05, 3.63) is 188 Å². The zero-order chi connectivity index (χ0) is 37.1. The predicted octanol–water partition coefficient (Wildman–Crippen LogP) is 13.8. The second-order valence-electron chi connectivity index (χ2n) is 15.8. The predicted molar refractivity (Wildman–Crippen MR) is 235 cm³/mol. The van der Waals surface area contributed by atoms with E-state index >= 15 is 0 Å². The van der Waals surface area contributed by atoms with Gasteiger partial charge in [0.05, 0.1) is 16.7 Å². The Morgan fingerprint density at radius 1 is 0.429 bits per heavy atom. The summed E-state index contributed by atoms with van der Waals surface area (Å²) in [7, 11) is 0. The highest BCUT2D eigenvalue weighted by Gasteiger charge is 2.40. The zero-order valence-electron chi connectivity index (χ0n) is 31.1. The topological polar surface area (TPSA) is 30.7 Å². The third kappa shape index (κ3) is 4.23. The van der Waals surface area contributed by atoms with Crippen molar-refractivity contribution in [1.82, 2.24) is 14.5 Å². The van der Waals surface area contributed by atoms with Crippen molar-refractivity contribution in [3.63, 3.8) is 0 Å². The Hall–Kier alpha value is -7.10. The maximum Gasteiger partial charge on any atom is 0.0588 e. The van der Waals surface area contributed by atoms with Crippen LogP contribution in [0, 0.1) is 0 Å². The number of hydrogen-bond donors (Lipinski definition) is 0. The van der Waals surface area contributed by atoms with E-state index in [1.807, 2.05) is 24.8 Å². The van der Waals surface area contributed by atoms with Crippen LogP contribution < -0.4 is 0 Å². The Kier molecular flexibility index (Phi) is 6.40. The molecule has 3 aromatic heterocycles. The molecule has 0 radical (unpaired) electrons. The van der Waals surface area contributed by atoms with Crippen molar-refractivity contribution >= 4 is 64.9 Å². The standard InChI is InChI=1S/C53H35N3/c1-53(2)47-27-44(46-31-55-29-35-14-5-7-17-37(35)46)39-19-9-10-20-41(39)50(47)43-25-24-42-40-23-22-33(45-30-54-28-34-13-4-6-16-36(34)45)26-49(40)56(52(42)51(43)53)48-21-11-15-32-12-3-8-18-38(32)48/h3-31H,1-2H3. The number of benzene rings is 8. The summed E-state index contributed by atoms with van der Waals surface area (Å²) in [4.78, 5) is 9.42. The van der Waals surface area contributed by atoms with Crippen LogP contribution in [0.3, 0.4) is 0 Å². The quantitative estimate of drug-likeness (QED) is 0.182. The van der Waals surface area contributed by atoms with Crippen molar-refractivity contribution in [2.45, 2.75) is 19.3 Å². The minimum atomic E-state index is -0.319. The summed E-state index contributed by atoms with van der Waals surface area (Å²) in [5, 5.41) is 12.2. The molecular formula is C53H35N3. The fraction of sp³-hybridized carbons (Fsp3) is 0.0566. The highest BCUT2D eigenvalue weighted by atomic mass is 15.0. The number of fused-ring (bicyclic) bond motifs is 12. The van der Waals surface area contributed by atoms with E-state index in [1.54, 1.807) is 0 Å². The summed E-state index contributed by atoms with van der Waals surface area (Å²) in [5.41, 5.74) is 13.3. The maximum absolute atomic E-state index is 4.74. The first kappa shape index (κ1) is 31.3. The van der Waals surface area contributed by atoms with Crippen LogP contribution in [0.15, 0.2) is 176 Å². The molecule has 3 nitrogen and oxygen atoms in total. The lowest BCUT2D eigenvalue weighted by molar-refractivity contribution is 0.664. The molecule has 1 aliphatic carbocycles. The summed E-state index contributed by atoms with van der Waals surface area (Å²) in [6, 6.07) is 55.9. The van der Waals surface area contributed by atoms with Gasteiger partial charge in [-0.1, -0.05) is 147 Å². The van der Waals surface area contributed by atoms with Crippen molar-refractivity contribution in [2.75, 3.05) is 0 Å². The van der Waals surface area contributed by atoms with Gasteiger partial charge in [-0.2, -0.15) is 0 Å². The lowest BCUT2D eigenvalue weighted by atomic mass is 9.79. The fourth-order valence-electron chi connectivity index (χ4n) is 9.96. The zero-order valence-corrected chi connectivity index (χ0v) is 31.1. The molecule has 12 rings (SSSR count). The molecule has 0 fully saturated rings. The van der Waals surface area contributed by atoms with E-state index in [2.05, 4.69) is 175 Å². The van der Waals surface area contributed by atoms with Crippen LogP contribution in [0.5, 0.6) is 0 Å². The third-order valence-corrected chi connectivity index (χ3v) is 12.5. The smallest absolute Gasteiger partial charge is 0.0588 e. The van der Waals surface area contributed by atoms with Gasteiger partial charge in [0, 0.05) is 68.3 Å². The van der Waals surface area contributed by atoms with E-state index in [4.69, 9.17) is 4.98 Å². The molecule has 0 spiro atoms. The SMILES string of the molecule is CC1(C)c2cc(-c3cncc4ccccc34)c3ccccc3c2-c2ccc3c4ccc(-c5cncc6ccccc56)cc4n(-c4cccc5ccccc45)c3c21. The summed E-state index contributed by atoms with van der Waals surface area (Å²) in [5.74, 6) is 0. The minimum absolute atomic E-state index is 0.319. The van der Waals surface area contributed by atoms with Gasteiger partial charge in [0.2, 0.25) is 0 Å². The van der Waals surface area contributed by atoms with Gasteiger partial charge < -0.3 is 4.57 Å². The average Bonchev–Trinajstić information content (AvgIpc) is 3.70. The molecule has 0 saturated heterocycles. The van der Waals surface area contributed by atoms with E-state index < -0.39 is 0 Å². The van der Waals surface area contributed by atoms with Crippen LogP contribution >= 0.6 is 0 Å². The number of aromatic nitrogens is 3. The highest BCUT2D eigenvalue weighted by molar-refractivity contribution is 6.18. The molecule has 0 amide bonds. The monoisotopic (exact) mass is 713 g/mol. The normalized spacial score (nSPS) is 13.3. The summed E-state index contributed by atoms with van der Waals surface area (Å²) < 4.78 is 2.57. The van der Waals surface area contributed by atoms with Gasteiger partial charge in [-0.3, -0.25) is 9.97 Å². The van der Waals surface area contributed by atoms with E-state index in [-0.39, 0.29) is 5.41 Å². The molecule has 1 aliphatic rings. The Balaban J connectivity index is 1.21. The first-order valence-electron chi connectivity index (χ1n) is 19.4. The second-order valence-corrected chi connectivity index (χ2v) is 15.8. The van der Waals surface area contributed by atoms with Gasteiger partial charge in [0.15, 0.2) is 0 Å². The van der Waals surface area contributed by atoms with Crippen molar-refractivity contribution < 1.29 is 0 Å². The van der Waals surface area contributed by atoms with E-state index in [9.17, 15) is 0 Å². The Morgan fingerprint density at radius 2 is 1.04 bits per heavy atom. The number of nitrogens with zero attached hydrogens (tertiary/aromatic N) is 3. The van der Waals surface area contributed by atoms with Gasteiger partial charge in [0.25, 0.3) is 0 Å². The van der Waals surface area contributed by atoms with Crippen molar-refractivity contribution in [3.8, 4) is 39.1 Å². The van der Waals surface area contributed by atoms with Crippen LogP contribution in [0.25, 0.3) is 104 Å². The molecule has 0 saturated carbocycles. The first-order chi connectivity index (χ1) is 27.6. The molecule has 0 unspecified atom stereocenters. The summed E-state index contributed by atoms with van der Waals surface area (Å²) in [6.07, 6.45) is 7.99. The molecule has 3 heterocycles. The molecular weight excluding hydrogens is 679 g/mol. The van der Waals surface area contributed by atoms with Crippen LogP contribution in [0.4, 0.5) is 0 Å². The first-order valence-corrected chi connectivity index (χ1v) is 19.4. The second kappa shape index (κ2) is 11.5. The lowest BCUT2D eigenvalue weighted by Crippen LogP contribution is -2.17. The lowest BCUT2D eigenvalue weighted by Gasteiger charge is -2.25. The largest absolute Gasteiger partial charge is 0.308 e. The number of hydrogen-bond acceptors (Lipinski definition) is 2. The maximum atomic E-state index is 4.74. The summed E-state index contributed by atoms with van der Waals surface area (Å²) in [6.45, 7) is 4.85. The van der Waals surface area contributed by atoms with Crippen LogP contribution in [-0.2, 0) is 5.41 Å². The van der Waals surface area contributed by atoms with Gasteiger partial charge in [-0.05, 0) is 78.5 Å². The van der Waals surface area contributed by atoms with Crippen LogP contribution in [0.1, 0.15) is 25.0 Å². The number of rotatable bonds is 3. The van der Waals surface area contributed by atoms with Gasteiger partial charge in [-0.25, -0.2) is 0 Å². The average molecular weight is 714 g/mol. The van der Waals surface area contributed by atoms with Crippen LogP contribution in [-0.4, -0.2) is 14.5 Å². The van der Waals surface area contributed by atoms with Gasteiger partial charge in [-0.15, -0.1) is 0 Å². The minimum Gasteiger partial charge on any atom is -0.308 e. The van der Waals surface area contributed by atoms with E-state index in [1.165, 1.54) is 93.2 Å². The molecule has 262 valence electrons. The summed E-state index contributed by atoms with van der Waals surface area (Å²) >= 11 is 0. The van der Waals surface area contributed by atoms with Crippen molar-refractivity contribution in [1.29, 1.82) is 0 Å². The molecule has 0 N–H and O–H groups in total. The highest BCUT2D eigenvalue weighted by Crippen LogP contribution is 2.57. The fourth-order valence-corrected chi connectivity index (χ4v) is 9.96. The van der Waals surface area contributed by atoms with Gasteiger partial charge in [0.1, 0.15) is 0 Å². The molecule has 11 aromatic rings.